The average molecular weight is 324 g/mol. The second-order valence-corrected chi connectivity index (χ2v) is 7.39. The number of hydrogen-bond acceptors (Lipinski definition) is 4. The first-order valence-electron chi connectivity index (χ1n) is 6.87. The van der Waals surface area contributed by atoms with E-state index in [1.807, 2.05) is 13.2 Å². The summed E-state index contributed by atoms with van der Waals surface area (Å²) in [5.74, 6) is -0.944. The summed E-state index contributed by atoms with van der Waals surface area (Å²) < 4.78 is 42.0. The molecule has 1 aromatic carbocycles. The number of nitrogens with zero attached hydrogens (tertiary/aromatic N) is 3. The Kier molecular flexibility index (Phi) is 3.75. The number of rotatable bonds is 3. The zero-order valence-corrected chi connectivity index (χ0v) is 12.9. The summed E-state index contributed by atoms with van der Waals surface area (Å²) in [6.07, 6.45) is 3.47. The lowest BCUT2D eigenvalue weighted by molar-refractivity contribution is 0.462. The van der Waals surface area contributed by atoms with Gasteiger partial charge in [-0.25, -0.2) is 17.8 Å². The topological polar surface area (TPSA) is 81.2 Å². The van der Waals surface area contributed by atoms with Crippen molar-refractivity contribution in [2.45, 2.75) is 16.9 Å². The van der Waals surface area contributed by atoms with Crippen LogP contribution in [0.15, 0.2) is 41.7 Å². The first-order chi connectivity index (χ1) is 10.4. The van der Waals surface area contributed by atoms with Crippen molar-refractivity contribution >= 4 is 10.0 Å². The van der Waals surface area contributed by atoms with Crippen LogP contribution in [0.3, 0.4) is 0 Å². The molecule has 0 amide bonds. The molecule has 1 saturated heterocycles. The minimum Gasteiger partial charge on any atom is -0.340 e. The largest absolute Gasteiger partial charge is 0.340 e. The Hall–Kier alpha value is -1.77. The van der Waals surface area contributed by atoms with Crippen molar-refractivity contribution in [3.8, 4) is 0 Å². The molecule has 1 aliphatic rings. The lowest BCUT2D eigenvalue weighted by Gasteiger charge is -2.16. The maximum atomic E-state index is 13.8. The minimum atomic E-state index is -3.89. The van der Waals surface area contributed by atoms with E-state index in [1.54, 1.807) is 10.9 Å². The summed E-state index contributed by atoms with van der Waals surface area (Å²) >= 11 is 0. The summed E-state index contributed by atoms with van der Waals surface area (Å²) in [7, 11) is -2.05. The lowest BCUT2D eigenvalue weighted by Crippen LogP contribution is -2.32. The highest BCUT2D eigenvalue weighted by Crippen LogP contribution is 2.30. The minimum absolute atomic E-state index is 0.151. The predicted molar refractivity (Wildman–Crippen MR) is 79.1 cm³/mol. The molecule has 1 aliphatic heterocycles. The van der Waals surface area contributed by atoms with Crippen LogP contribution in [-0.4, -0.2) is 41.4 Å². The third-order valence-corrected chi connectivity index (χ3v) is 5.76. The Morgan fingerprint density at radius 1 is 1.32 bits per heavy atom. The highest BCUT2D eigenvalue weighted by atomic mass is 32.2. The Balaban J connectivity index is 1.89. The van der Waals surface area contributed by atoms with E-state index in [9.17, 15) is 12.8 Å². The normalized spacial score (nSPS) is 23.0. The summed E-state index contributed by atoms with van der Waals surface area (Å²) in [6, 6.07) is 5.00. The van der Waals surface area contributed by atoms with Crippen molar-refractivity contribution in [2.24, 2.45) is 12.8 Å². The van der Waals surface area contributed by atoms with Gasteiger partial charge in [0.1, 0.15) is 10.7 Å². The summed E-state index contributed by atoms with van der Waals surface area (Å²) in [4.78, 5) is 3.93. The number of aryl methyl sites for hydroxylation is 1. The fourth-order valence-electron chi connectivity index (χ4n) is 2.72. The number of hydrogen-bond donors (Lipinski definition) is 1. The molecule has 0 unspecified atom stereocenters. The van der Waals surface area contributed by atoms with Gasteiger partial charge in [-0.3, -0.25) is 0 Å². The van der Waals surface area contributed by atoms with Crippen molar-refractivity contribution in [1.82, 2.24) is 13.9 Å². The van der Waals surface area contributed by atoms with E-state index in [0.717, 1.165) is 11.8 Å². The Morgan fingerprint density at radius 2 is 2.05 bits per heavy atom. The van der Waals surface area contributed by atoms with Crippen molar-refractivity contribution in [3.63, 3.8) is 0 Å². The molecule has 2 heterocycles. The van der Waals surface area contributed by atoms with Crippen molar-refractivity contribution in [3.05, 3.63) is 48.3 Å². The molecule has 3 rings (SSSR count). The Bertz CT molecular complexity index is 790. The fraction of sp³-hybridized carbons (Fsp3) is 0.357. The van der Waals surface area contributed by atoms with Crippen molar-refractivity contribution < 1.29 is 12.8 Å². The number of sulfonamides is 1. The average Bonchev–Trinajstić information content (AvgIpc) is 3.05. The summed E-state index contributed by atoms with van der Waals surface area (Å²) in [5.41, 5.74) is 6.83. The third-order valence-electron chi connectivity index (χ3n) is 3.89. The van der Waals surface area contributed by atoms with Gasteiger partial charge in [0, 0.05) is 38.3 Å². The Labute approximate surface area is 128 Å². The van der Waals surface area contributed by atoms with Crippen LogP contribution >= 0.6 is 0 Å². The first kappa shape index (κ1) is 15.1. The van der Waals surface area contributed by atoms with E-state index in [1.165, 1.54) is 22.5 Å². The molecular weight excluding hydrogens is 307 g/mol. The molecule has 2 aromatic rings. The highest BCUT2D eigenvalue weighted by molar-refractivity contribution is 7.89. The SMILES string of the molecule is Cn1cnc([C@@H]2CN(S(=O)(=O)c3ccccc3F)C[C@H]2N)c1. The summed E-state index contributed by atoms with van der Waals surface area (Å²) in [5, 5.41) is 0. The monoisotopic (exact) mass is 324 g/mol. The van der Waals surface area contributed by atoms with E-state index in [2.05, 4.69) is 4.98 Å². The van der Waals surface area contributed by atoms with E-state index < -0.39 is 15.8 Å². The number of halogens is 1. The van der Waals surface area contributed by atoms with Crippen LogP contribution in [0, 0.1) is 5.82 Å². The molecule has 8 heteroatoms. The smallest absolute Gasteiger partial charge is 0.246 e. The van der Waals surface area contributed by atoms with Gasteiger partial charge in [0.2, 0.25) is 10.0 Å². The molecule has 22 heavy (non-hydrogen) atoms. The molecule has 0 spiro atoms. The summed E-state index contributed by atoms with van der Waals surface area (Å²) in [6.45, 7) is 0.354. The van der Waals surface area contributed by atoms with E-state index in [0.29, 0.717) is 0 Å². The third kappa shape index (κ3) is 2.53. The predicted octanol–water partition coefficient (Wildman–Crippen LogP) is 0.675. The molecule has 2 atom stereocenters. The molecule has 2 N–H and O–H groups in total. The second kappa shape index (κ2) is 5.45. The number of nitrogens with two attached hydrogens (primary N) is 1. The van der Waals surface area contributed by atoms with Crippen LogP contribution in [0.25, 0.3) is 0 Å². The van der Waals surface area contributed by atoms with Crippen LogP contribution in [0.1, 0.15) is 11.6 Å². The van der Waals surface area contributed by atoms with Gasteiger partial charge in [-0.1, -0.05) is 12.1 Å². The van der Waals surface area contributed by atoms with Gasteiger partial charge in [-0.2, -0.15) is 4.31 Å². The van der Waals surface area contributed by atoms with Crippen molar-refractivity contribution in [1.29, 1.82) is 0 Å². The van der Waals surface area contributed by atoms with Gasteiger partial charge in [0.25, 0.3) is 0 Å². The standard InChI is InChI=1S/C14H17FN4O2S/c1-18-8-13(17-9-18)10-6-19(7-12(10)16)22(20,21)14-5-3-2-4-11(14)15/h2-5,8-10,12H,6-7,16H2,1H3/t10-,12-/m1/s1. The van der Waals surface area contributed by atoms with Gasteiger partial charge >= 0.3 is 0 Å². The maximum Gasteiger partial charge on any atom is 0.246 e. The molecule has 1 fully saturated rings. The van der Waals surface area contributed by atoms with Crippen LogP contribution in [0.4, 0.5) is 4.39 Å². The molecule has 6 nitrogen and oxygen atoms in total. The van der Waals surface area contributed by atoms with E-state index in [-0.39, 0.29) is 29.9 Å². The Morgan fingerprint density at radius 3 is 2.68 bits per heavy atom. The number of benzene rings is 1. The van der Waals surface area contributed by atoms with Crippen LogP contribution in [0.5, 0.6) is 0 Å². The second-order valence-electron chi connectivity index (χ2n) is 5.49. The van der Waals surface area contributed by atoms with E-state index in [4.69, 9.17) is 5.73 Å². The zero-order valence-electron chi connectivity index (χ0n) is 12.1. The van der Waals surface area contributed by atoms with Gasteiger partial charge < -0.3 is 10.3 Å². The molecule has 118 valence electrons. The molecule has 1 aromatic heterocycles. The highest BCUT2D eigenvalue weighted by Gasteiger charge is 2.40. The molecule has 0 radical (unpaired) electrons. The maximum absolute atomic E-state index is 13.8. The van der Waals surface area contributed by atoms with E-state index >= 15 is 0 Å². The lowest BCUT2D eigenvalue weighted by atomic mass is 10.0. The quantitative estimate of drug-likeness (QED) is 0.900. The van der Waals surface area contributed by atoms with Gasteiger partial charge in [-0.05, 0) is 12.1 Å². The first-order valence-corrected chi connectivity index (χ1v) is 8.31. The molecule has 0 bridgehead atoms. The number of imidazole rings is 1. The van der Waals surface area contributed by atoms with Gasteiger partial charge in [0.05, 0.1) is 12.0 Å². The molecular formula is C14H17FN4O2S. The van der Waals surface area contributed by atoms with Crippen LogP contribution in [0.2, 0.25) is 0 Å². The van der Waals surface area contributed by atoms with Crippen LogP contribution < -0.4 is 5.73 Å². The zero-order chi connectivity index (χ0) is 15.9. The van der Waals surface area contributed by atoms with Gasteiger partial charge in [-0.15, -0.1) is 0 Å². The molecule has 0 aliphatic carbocycles. The van der Waals surface area contributed by atoms with Gasteiger partial charge in [0.15, 0.2) is 0 Å². The van der Waals surface area contributed by atoms with Crippen molar-refractivity contribution in [2.75, 3.05) is 13.1 Å². The number of aromatic nitrogens is 2. The van der Waals surface area contributed by atoms with Crippen LogP contribution in [-0.2, 0) is 17.1 Å². The fourth-order valence-corrected chi connectivity index (χ4v) is 4.29. The molecule has 0 saturated carbocycles.